The summed E-state index contributed by atoms with van der Waals surface area (Å²) >= 11 is 6.04. The fourth-order valence-corrected chi connectivity index (χ4v) is 3.72. The Hall–Kier alpha value is -2.28. The van der Waals surface area contributed by atoms with Gasteiger partial charge in [0.1, 0.15) is 5.54 Å². The molecule has 1 spiro atoms. The van der Waals surface area contributed by atoms with Gasteiger partial charge in [0.2, 0.25) is 0 Å². The van der Waals surface area contributed by atoms with Crippen LogP contribution >= 0.6 is 11.6 Å². The van der Waals surface area contributed by atoms with Gasteiger partial charge < -0.3 is 16.0 Å². The Bertz CT molecular complexity index is 703. The van der Waals surface area contributed by atoms with Crippen molar-refractivity contribution in [1.82, 2.24) is 20.9 Å². The van der Waals surface area contributed by atoms with Gasteiger partial charge in [-0.3, -0.25) is 9.69 Å². The highest BCUT2D eigenvalue weighted by Gasteiger charge is 2.51. The quantitative estimate of drug-likeness (QED) is 0.524. The van der Waals surface area contributed by atoms with Crippen LogP contribution in [0.3, 0.4) is 0 Å². The molecular formula is C18H23ClN4O3. The first-order chi connectivity index (χ1) is 12.5. The molecule has 0 unspecified atom stereocenters. The summed E-state index contributed by atoms with van der Waals surface area (Å²) in [5, 5.41) is 8.91. The van der Waals surface area contributed by atoms with Crippen LogP contribution in [0.5, 0.6) is 0 Å². The lowest BCUT2D eigenvalue weighted by molar-refractivity contribution is -0.131. The topological polar surface area (TPSA) is 90.5 Å². The van der Waals surface area contributed by atoms with Crippen molar-refractivity contribution in [3.05, 3.63) is 34.9 Å². The third-order valence-electron chi connectivity index (χ3n) is 4.94. The van der Waals surface area contributed by atoms with Gasteiger partial charge in [-0.25, -0.2) is 9.59 Å². The minimum Gasteiger partial charge on any atom is -0.338 e. The number of nitrogens with one attached hydrogen (secondary N) is 3. The van der Waals surface area contributed by atoms with Crippen LogP contribution in [-0.4, -0.2) is 41.5 Å². The number of hydrogen-bond donors (Lipinski definition) is 3. The number of urea groups is 2. The van der Waals surface area contributed by atoms with Crippen molar-refractivity contribution in [2.45, 2.75) is 44.2 Å². The summed E-state index contributed by atoms with van der Waals surface area (Å²) in [5.41, 5.74) is 0.169. The second-order valence-corrected chi connectivity index (χ2v) is 7.14. The van der Waals surface area contributed by atoms with Crippen LogP contribution in [0.2, 0.25) is 5.02 Å². The van der Waals surface area contributed by atoms with Gasteiger partial charge in [0.15, 0.2) is 0 Å². The number of benzene rings is 1. The average molecular weight is 379 g/mol. The van der Waals surface area contributed by atoms with E-state index in [9.17, 15) is 14.4 Å². The molecular weight excluding hydrogens is 356 g/mol. The van der Waals surface area contributed by atoms with Gasteiger partial charge in [0.25, 0.3) is 5.91 Å². The molecule has 1 aliphatic carbocycles. The first-order valence-corrected chi connectivity index (χ1v) is 9.29. The SMILES string of the molecule is O=C(NCCCN1C(=O)NC2(CCCC2)C1=O)NCc1ccccc1Cl. The van der Waals surface area contributed by atoms with Crippen LogP contribution in [0.4, 0.5) is 9.59 Å². The summed E-state index contributed by atoms with van der Waals surface area (Å²) in [6.07, 6.45) is 3.88. The van der Waals surface area contributed by atoms with E-state index in [-0.39, 0.29) is 18.0 Å². The molecule has 1 saturated heterocycles. The van der Waals surface area contributed by atoms with Crippen LogP contribution < -0.4 is 16.0 Å². The predicted octanol–water partition coefficient (Wildman–Crippen LogP) is 2.39. The lowest BCUT2D eigenvalue weighted by Crippen LogP contribution is -2.44. The standard InChI is InChI=1S/C18H23ClN4O3/c19-14-7-2-1-6-13(14)12-21-16(25)20-10-5-11-23-15(24)18(22-17(23)26)8-3-4-9-18/h1-2,6-7H,3-5,8-12H2,(H,22,26)(H2,20,21,25). The van der Waals surface area contributed by atoms with Crippen molar-refractivity contribution in [3.63, 3.8) is 0 Å². The van der Waals surface area contributed by atoms with Gasteiger partial charge in [0, 0.05) is 24.7 Å². The van der Waals surface area contributed by atoms with Crippen molar-refractivity contribution >= 4 is 29.6 Å². The van der Waals surface area contributed by atoms with Crippen LogP contribution in [0, 0.1) is 0 Å². The van der Waals surface area contributed by atoms with E-state index in [1.807, 2.05) is 18.2 Å². The highest BCUT2D eigenvalue weighted by Crippen LogP contribution is 2.34. The minimum absolute atomic E-state index is 0.122. The third kappa shape index (κ3) is 3.93. The summed E-state index contributed by atoms with van der Waals surface area (Å²) in [7, 11) is 0. The summed E-state index contributed by atoms with van der Waals surface area (Å²) in [6.45, 7) is 1.01. The Morgan fingerprint density at radius 3 is 2.65 bits per heavy atom. The van der Waals surface area contributed by atoms with Crippen molar-refractivity contribution in [1.29, 1.82) is 0 Å². The fraction of sp³-hybridized carbons (Fsp3) is 0.500. The van der Waals surface area contributed by atoms with E-state index >= 15 is 0 Å². The van der Waals surface area contributed by atoms with Gasteiger partial charge in [-0.05, 0) is 30.9 Å². The van der Waals surface area contributed by atoms with Crippen LogP contribution in [0.15, 0.2) is 24.3 Å². The van der Waals surface area contributed by atoms with Crippen LogP contribution in [0.1, 0.15) is 37.7 Å². The number of carbonyl (C=O) groups excluding carboxylic acids is 3. The van der Waals surface area contributed by atoms with Crippen molar-refractivity contribution < 1.29 is 14.4 Å². The van der Waals surface area contributed by atoms with E-state index in [1.165, 1.54) is 4.90 Å². The molecule has 7 nitrogen and oxygen atoms in total. The van der Waals surface area contributed by atoms with Crippen molar-refractivity contribution in [2.24, 2.45) is 0 Å². The van der Waals surface area contributed by atoms with Crippen LogP contribution in [0.25, 0.3) is 0 Å². The molecule has 1 heterocycles. The Morgan fingerprint density at radius 2 is 1.92 bits per heavy atom. The molecule has 8 heteroatoms. The molecule has 0 bridgehead atoms. The monoisotopic (exact) mass is 378 g/mol. The van der Waals surface area contributed by atoms with Gasteiger partial charge in [-0.15, -0.1) is 0 Å². The number of nitrogens with zero attached hydrogens (tertiary/aromatic N) is 1. The van der Waals surface area contributed by atoms with Crippen LogP contribution in [-0.2, 0) is 11.3 Å². The lowest BCUT2D eigenvalue weighted by atomic mass is 9.98. The Kier molecular flexibility index (Phi) is 5.66. The third-order valence-corrected chi connectivity index (χ3v) is 5.31. The Balaban J connectivity index is 1.37. The summed E-state index contributed by atoms with van der Waals surface area (Å²) in [6, 6.07) is 6.67. The van der Waals surface area contributed by atoms with E-state index in [0.29, 0.717) is 31.1 Å². The number of hydrogen-bond acceptors (Lipinski definition) is 3. The smallest absolute Gasteiger partial charge is 0.325 e. The summed E-state index contributed by atoms with van der Waals surface area (Å²) in [4.78, 5) is 37.6. The molecule has 2 fully saturated rings. The maximum absolute atomic E-state index is 12.5. The number of halogens is 1. The zero-order chi connectivity index (χ0) is 18.6. The van der Waals surface area contributed by atoms with Gasteiger partial charge >= 0.3 is 12.1 Å². The lowest BCUT2D eigenvalue weighted by Gasteiger charge is -2.20. The van der Waals surface area contributed by atoms with Crippen molar-refractivity contribution in [2.75, 3.05) is 13.1 Å². The van der Waals surface area contributed by atoms with E-state index in [0.717, 1.165) is 31.2 Å². The van der Waals surface area contributed by atoms with E-state index in [2.05, 4.69) is 16.0 Å². The number of amides is 5. The molecule has 0 radical (unpaired) electrons. The maximum Gasteiger partial charge on any atom is 0.325 e. The largest absolute Gasteiger partial charge is 0.338 e. The average Bonchev–Trinajstić information content (AvgIpc) is 3.18. The second kappa shape index (κ2) is 7.95. The highest BCUT2D eigenvalue weighted by molar-refractivity contribution is 6.31. The molecule has 1 aromatic carbocycles. The molecule has 0 aromatic heterocycles. The van der Waals surface area contributed by atoms with Gasteiger partial charge in [-0.2, -0.15) is 0 Å². The number of carbonyl (C=O) groups is 3. The first-order valence-electron chi connectivity index (χ1n) is 8.91. The maximum atomic E-state index is 12.5. The zero-order valence-electron chi connectivity index (χ0n) is 14.5. The predicted molar refractivity (Wildman–Crippen MR) is 97.8 cm³/mol. The molecule has 1 aromatic rings. The number of rotatable bonds is 6. The van der Waals surface area contributed by atoms with E-state index < -0.39 is 5.54 Å². The second-order valence-electron chi connectivity index (χ2n) is 6.73. The Labute approximate surface area is 157 Å². The molecule has 2 aliphatic rings. The molecule has 0 atom stereocenters. The normalized spacial score (nSPS) is 18.3. The molecule has 26 heavy (non-hydrogen) atoms. The molecule has 1 aliphatic heterocycles. The molecule has 5 amide bonds. The molecule has 1 saturated carbocycles. The summed E-state index contributed by atoms with van der Waals surface area (Å²) in [5.74, 6) is -0.122. The highest BCUT2D eigenvalue weighted by atomic mass is 35.5. The molecule has 140 valence electrons. The van der Waals surface area contributed by atoms with E-state index in [4.69, 9.17) is 11.6 Å². The minimum atomic E-state index is -0.670. The van der Waals surface area contributed by atoms with E-state index in [1.54, 1.807) is 6.07 Å². The fourth-order valence-electron chi connectivity index (χ4n) is 3.52. The summed E-state index contributed by atoms with van der Waals surface area (Å²) < 4.78 is 0. The van der Waals surface area contributed by atoms with Crippen molar-refractivity contribution in [3.8, 4) is 0 Å². The van der Waals surface area contributed by atoms with Gasteiger partial charge in [-0.1, -0.05) is 42.6 Å². The zero-order valence-corrected chi connectivity index (χ0v) is 15.3. The molecule has 3 N–H and O–H groups in total. The van der Waals surface area contributed by atoms with Gasteiger partial charge in [0.05, 0.1) is 0 Å². The molecule has 3 rings (SSSR count). The number of imide groups is 1. The first kappa shape index (κ1) is 18.5. The Morgan fingerprint density at radius 1 is 1.19 bits per heavy atom.